The zero-order valence-electron chi connectivity index (χ0n) is 16.3. The van der Waals surface area contributed by atoms with Crippen LogP contribution in [0.5, 0.6) is 0 Å². The van der Waals surface area contributed by atoms with E-state index in [1.54, 1.807) is 0 Å². The van der Waals surface area contributed by atoms with Gasteiger partial charge < -0.3 is 15.2 Å². The van der Waals surface area contributed by atoms with Gasteiger partial charge in [-0.25, -0.2) is 4.79 Å². The molecule has 28 heavy (non-hydrogen) atoms. The second kappa shape index (κ2) is 8.80. The van der Waals surface area contributed by atoms with Gasteiger partial charge in [0.1, 0.15) is 6.61 Å². The summed E-state index contributed by atoms with van der Waals surface area (Å²) in [4.78, 5) is 12.4. The number of thiol groups is 1. The van der Waals surface area contributed by atoms with E-state index in [1.807, 2.05) is 45.0 Å². The average molecular weight is 417 g/mol. The van der Waals surface area contributed by atoms with E-state index in [4.69, 9.17) is 4.74 Å². The number of hydrogen-bond donors (Lipinski definition) is 3. The van der Waals surface area contributed by atoms with Crippen LogP contribution in [0.4, 0.5) is 4.79 Å². The predicted molar refractivity (Wildman–Crippen MR) is 118 cm³/mol. The van der Waals surface area contributed by atoms with Crippen LogP contribution in [-0.2, 0) is 4.74 Å². The summed E-state index contributed by atoms with van der Waals surface area (Å²) in [5.74, 6) is 0.299. The van der Waals surface area contributed by atoms with Crippen LogP contribution in [0.3, 0.4) is 0 Å². The van der Waals surface area contributed by atoms with Crippen molar-refractivity contribution in [1.29, 1.82) is 0 Å². The number of aliphatic hydroxyl groups is 1. The van der Waals surface area contributed by atoms with E-state index in [-0.39, 0.29) is 22.7 Å². The average Bonchev–Trinajstić information content (AvgIpc) is 2.97. The van der Waals surface area contributed by atoms with Gasteiger partial charge in [0.25, 0.3) is 0 Å². The van der Waals surface area contributed by atoms with E-state index in [1.165, 1.54) is 34.0 Å². The number of hydrogen-bond acceptors (Lipinski definition) is 5. The summed E-state index contributed by atoms with van der Waals surface area (Å²) in [6.07, 6.45) is -0.554. The highest BCUT2D eigenvalue weighted by Crippen LogP contribution is 2.44. The summed E-state index contributed by atoms with van der Waals surface area (Å²) in [5, 5.41) is 13.0. The van der Waals surface area contributed by atoms with Crippen LogP contribution in [0.25, 0.3) is 11.1 Å². The van der Waals surface area contributed by atoms with Crippen molar-refractivity contribution >= 4 is 30.5 Å². The number of carbonyl (C=O) groups is 1. The highest BCUT2D eigenvalue weighted by atomic mass is 32.2. The smallest absolute Gasteiger partial charge is 0.407 e. The molecule has 1 amide bonds. The van der Waals surface area contributed by atoms with E-state index in [9.17, 15) is 9.90 Å². The summed E-state index contributed by atoms with van der Waals surface area (Å²) < 4.78 is 5.38. The van der Waals surface area contributed by atoms with Crippen molar-refractivity contribution in [2.75, 3.05) is 12.4 Å². The third-order valence-corrected chi connectivity index (χ3v) is 6.00. The molecule has 2 N–H and O–H groups in total. The Morgan fingerprint density at radius 2 is 1.68 bits per heavy atom. The summed E-state index contributed by atoms with van der Waals surface area (Å²) >= 11 is 5.55. The maximum atomic E-state index is 12.4. The standard InChI is InChI=1S/C22H26NO3S2/c1-22(2,3)28-20(24)19(13-27)23-21(25)26-12-18-16-10-6-4-8-14(16)15-9-5-7-11-17(15)18/h4-11,18-19,24,27H,12-13H2,1-3H3,(H,23,25)/t19-/m1/s1. The second-order valence-electron chi connectivity index (χ2n) is 7.76. The molecule has 0 fully saturated rings. The topological polar surface area (TPSA) is 58.6 Å². The minimum absolute atomic E-state index is 0.00845. The van der Waals surface area contributed by atoms with Crippen molar-refractivity contribution in [2.45, 2.75) is 37.5 Å². The number of ether oxygens (including phenoxy) is 1. The van der Waals surface area contributed by atoms with Crippen LogP contribution >= 0.6 is 24.4 Å². The molecule has 1 aliphatic rings. The predicted octanol–water partition coefficient (Wildman–Crippen LogP) is 5.22. The lowest BCUT2D eigenvalue weighted by Crippen LogP contribution is -2.41. The number of rotatable bonds is 6. The van der Waals surface area contributed by atoms with Crippen LogP contribution in [0.1, 0.15) is 37.8 Å². The Kier molecular flexibility index (Phi) is 6.63. The number of fused-ring (bicyclic) bond motifs is 3. The molecule has 0 bridgehead atoms. The van der Waals surface area contributed by atoms with Gasteiger partial charge in [0.05, 0.1) is 6.04 Å². The van der Waals surface area contributed by atoms with Crippen LogP contribution in [0, 0.1) is 5.44 Å². The number of alkyl carbamates (subject to hydrolysis) is 1. The number of thioether (sulfide) groups is 1. The summed E-state index contributed by atoms with van der Waals surface area (Å²) in [6.45, 7) is 6.23. The Hall–Kier alpha value is -1.63. The van der Waals surface area contributed by atoms with Crippen LogP contribution in [-0.4, -0.2) is 34.3 Å². The van der Waals surface area contributed by atoms with Gasteiger partial charge in [-0.3, -0.25) is 0 Å². The van der Waals surface area contributed by atoms with Crippen molar-refractivity contribution in [1.82, 2.24) is 5.32 Å². The monoisotopic (exact) mass is 416 g/mol. The van der Waals surface area contributed by atoms with E-state index < -0.39 is 12.1 Å². The van der Waals surface area contributed by atoms with E-state index in [0.717, 1.165) is 0 Å². The van der Waals surface area contributed by atoms with Crippen molar-refractivity contribution < 1.29 is 14.6 Å². The molecular weight excluding hydrogens is 390 g/mol. The first-order chi connectivity index (χ1) is 13.3. The Bertz CT molecular complexity index is 789. The Balaban J connectivity index is 1.65. The fraction of sp³-hybridized carbons (Fsp3) is 0.364. The van der Waals surface area contributed by atoms with Gasteiger partial charge in [-0.2, -0.15) is 12.6 Å². The highest BCUT2D eigenvalue weighted by molar-refractivity contribution is 8.03. The fourth-order valence-corrected chi connectivity index (χ4v) is 4.65. The van der Waals surface area contributed by atoms with E-state index >= 15 is 0 Å². The molecule has 1 aliphatic carbocycles. The van der Waals surface area contributed by atoms with Gasteiger partial charge in [0.15, 0.2) is 5.44 Å². The largest absolute Gasteiger partial charge is 0.449 e. The molecule has 6 heteroatoms. The summed E-state index contributed by atoms with van der Waals surface area (Å²) in [6, 6.07) is 15.8. The lowest BCUT2D eigenvalue weighted by atomic mass is 9.98. The minimum Gasteiger partial charge on any atom is -0.449 e. The molecule has 0 heterocycles. The molecule has 2 aromatic carbocycles. The van der Waals surface area contributed by atoms with Gasteiger partial charge in [-0.15, -0.1) is 11.8 Å². The molecule has 4 nitrogen and oxygen atoms in total. The first-order valence-corrected chi connectivity index (χ1v) is 10.7. The third kappa shape index (κ3) is 4.85. The Morgan fingerprint density at radius 1 is 1.14 bits per heavy atom. The lowest BCUT2D eigenvalue weighted by molar-refractivity contribution is 0.137. The quantitative estimate of drug-likeness (QED) is 0.565. The number of nitrogens with one attached hydrogen (secondary N) is 1. The van der Waals surface area contributed by atoms with Crippen molar-refractivity contribution in [2.24, 2.45) is 0 Å². The molecule has 0 saturated heterocycles. The number of aliphatic hydroxyl groups excluding tert-OH is 1. The van der Waals surface area contributed by atoms with Gasteiger partial charge in [0.2, 0.25) is 0 Å². The summed E-state index contributed by atoms with van der Waals surface area (Å²) in [7, 11) is 0. The molecular formula is C22H26NO3S2. The van der Waals surface area contributed by atoms with Crippen molar-refractivity contribution in [3.05, 3.63) is 65.1 Å². The minimum atomic E-state index is -0.566. The van der Waals surface area contributed by atoms with Crippen molar-refractivity contribution in [3.8, 4) is 11.1 Å². The SMILES string of the molecule is CC(C)(C)S[C](O)[C@@H](CS)NC(=O)OCC1c2ccccc2-c2ccccc21. The van der Waals surface area contributed by atoms with Gasteiger partial charge in [-0.05, 0) is 22.3 Å². The van der Waals surface area contributed by atoms with Gasteiger partial charge >= 0.3 is 6.09 Å². The molecule has 0 saturated carbocycles. The number of carbonyl (C=O) groups excluding carboxylic acids is 1. The van der Waals surface area contributed by atoms with E-state index in [0.29, 0.717) is 5.75 Å². The molecule has 0 aromatic heterocycles. The highest BCUT2D eigenvalue weighted by Gasteiger charge is 2.30. The molecule has 0 aliphatic heterocycles. The molecule has 3 rings (SSSR count). The zero-order valence-corrected chi connectivity index (χ0v) is 18.0. The molecule has 1 radical (unpaired) electrons. The maximum Gasteiger partial charge on any atom is 0.407 e. The normalized spacial score (nSPS) is 14.5. The van der Waals surface area contributed by atoms with E-state index in [2.05, 4.69) is 42.2 Å². The molecule has 149 valence electrons. The Labute approximate surface area is 176 Å². The number of benzene rings is 2. The van der Waals surface area contributed by atoms with Crippen LogP contribution < -0.4 is 5.32 Å². The molecule has 0 unspecified atom stereocenters. The van der Waals surface area contributed by atoms with Crippen LogP contribution in [0.2, 0.25) is 0 Å². The molecule has 0 spiro atoms. The third-order valence-electron chi connectivity index (χ3n) is 4.53. The first kappa shape index (κ1) is 21.1. The molecule has 1 atom stereocenters. The molecule has 2 aromatic rings. The van der Waals surface area contributed by atoms with Gasteiger partial charge in [0, 0.05) is 16.4 Å². The van der Waals surface area contributed by atoms with Crippen molar-refractivity contribution in [3.63, 3.8) is 0 Å². The lowest BCUT2D eigenvalue weighted by Gasteiger charge is -2.27. The second-order valence-corrected chi connectivity index (χ2v) is 9.97. The summed E-state index contributed by atoms with van der Waals surface area (Å²) in [5.41, 5.74) is 4.84. The first-order valence-electron chi connectivity index (χ1n) is 9.27. The zero-order chi connectivity index (χ0) is 20.3. The van der Waals surface area contributed by atoms with Gasteiger partial charge in [-0.1, -0.05) is 69.3 Å². The van der Waals surface area contributed by atoms with Crippen LogP contribution in [0.15, 0.2) is 48.5 Å². The fourth-order valence-electron chi connectivity index (χ4n) is 3.35. The number of amides is 1. The Morgan fingerprint density at radius 3 is 2.18 bits per heavy atom. The maximum absolute atomic E-state index is 12.4.